The van der Waals surface area contributed by atoms with E-state index < -0.39 is 12.0 Å². The van der Waals surface area contributed by atoms with Crippen LogP contribution < -0.4 is 5.32 Å². The molecule has 0 spiro atoms. The Balaban J connectivity index is 1.57. The van der Waals surface area contributed by atoms with Gasteiger partial charge in [0.05, 0.1) is 30.5 Å². The topological polar surface area (TPSA) is 95.9 Å². The van der Waals surface area contributed by atoms with Crippen LogP contribution in [-0.2, 0) is 32.0 Å². The number of esters is 1. The van der Waals surface area contributed by atoms with Crippen molar-refractivity contribution < 1.29 is 24.2 Å². The van der Waals surface area contributed by atoms with Gasteiger partial charge in [-0.2, -0.15) is 0 Å². The summed E-state index contributed by atoms with van der Waals surface area (Å²) in [6.45, 7) is 8.08. The molecule has 0 radical (unpaired) electrons. The van der Waals surface area contributed by atoms with Crippen LogP contribution in [0.2, 0.25) is 0 Å². The van der Waals surface area contributed by atoms with Crippen LogP contribution in [0.3, 0.4) is 0 Å². The molecule has 0 aromatic heterocycles. The molecule has 2 aromatic carbocycles. The Bertz CT molecular complexity index is 1120. The Hall–Kier alpha value is -3.71. The fourth-order valence-corrected chi connectivity index (χ4v) is 5.39. The van der Waals surface area contributed by atoms with E-state index in [1.807, 2.05) is 66.7 Å². The summed E-state index contributed by atoms with van der Waals surface area (Å²) in [5.41, 5.74) is 2.09. The average molecular weight is 561 g/mol. The van der Waals surface area contributed by atoms with E-state index in [0.717, 1.165) is 24.0 Å². The second kappa shape index (κ2) is 17.2. The highest BCUT2D eigenvalue weighted by molar-refractivity contribution is 5.86. The van der Waals surface area contributed by atoms with E-state index in [0.29, 0.717) is 38.6 Å². The standard InChI is InChI=1S/C34H44N2O5/c1-3-5-18-29(21-26-14-8-6-9-15-26)34(40)41-25-31-19-12-20-36(31)33(39)28(13-4-2)23-32(38)35-30(24-37)22-27-16-10-7-11-17-27/h3-4,6-11,14-17,28-31,37H,1-2,5,12-13,18-25H2,(H,35,38)/t28-,29-,30+,31+/m1/s1. The molecule has 0 aliphatic carbocycles. The highest BCUT2D eigenvalue weighted by Crippen LogP contribution is 2.24. The maximum Gasteiger partial charge on any atom is 0.309 e. The number of hydrogen-bond acceptors (Lipinski definition) is 5. The van der Waals surface area contributed by atoms with Crippen molar-refractivity contribution in [3.05, 3.63) is 97.1 Å². The summed E-state index contributed by atoms with van der Waals surface area (Å²) in [4.78, 5) is 41.3. The van der Waals surface area contributed by atoms with E-state index in [4.69, 9.17) is 4.74 Å². The monoisotopic (exact) mass is 560 g/mol. The molecule has 7 nitrogen and oxygen atoms in total. The van der Waals surface area contributed by atoms with Gasteiger partial charge < -0.3 is 20.1 Å². The van der Waals surface area contributed by atoms with Gasteiger partial charge in [-0.3, -0.25) is 14.4 Å². The summed E-state index contributed by atoms with van der Waals surface area (Å²) in [6, 6.07) is 18.9. The van der Waals surface area contributed by atoms with Crippen molar-refractivity contribution in [1.29, 1.82) is 0 Å². The van der Waals surface area contributed by atoms with Crippen molar-refractivity contribution in [2.75, 3.05) is 19.8 Å². The number of aliphatic hydroxyl groups excluding tert-OH is 1. The fourth-order valence-electron chi connectivity index (χ4n) is 5.39. The molecule has 2 aromatic rings. The molecule has 41 heavy (non-hydrogen) atoms. The predicted octanol–water partition coefficient (Wildman–Crippen LogP) is 4.65. The van der Waals surface area contributed by atoms with Crippen molar-refractivity contribution in [3.63, 3.8) is 0 Å². The number of nitrogens with one attached hydrogen (secondary N) is 1. The van der Waals surface area contributed by atoms with Crippen LogP contribution in [0.25, 0.3) is 0 Å². The van der Waals surface area contributed by atoms with Gasteiger partial charge in [-0.25, -0.2) is 0 Å². The first-order valence-electron chi connectivity index (χ1n) is 14.6. The van der Waals surface area contributed by atoms with Gasteiger partial charge in [0, 0.05) is 13.0 Å². The minimum absolute atomic E-state index is 0.000145. The van der Waals surface area contributed by atoms with Gasteiger partial charge in [-0.1, -0.05) is 72.8 Å². The summed E-state index contributed by atoms with van der Waals surface area (Å²) in [5, 5.41) is 12.7. The maximum absolute atomic E-state index is 13.6. The SMILES string of the molecule is C=CCC[C@H](Cc1ccccc1)C(=O)OC[C@@H]1CCCN1C(=O)[C@H](CC=C)CC(=O)N[C@H](CO)Cc1ccccc1. The molecule has 1 aliphatic heterocycles. The van der Waals surface area contributed by atoms with E-state index in [9.17, 15) is 19.5 Å². The van der Waals surface area contributed by atoms with Crippen LogP contribution in [-0.4, -0.2) is 59.6 Å². The molecule has 1 heterocycles. The first kappa shape index (κ1) is 31.8. The number of likely N-dealkylation sites (tertiary alicyclic amines) is 1. The van der Waals surface area contributed by atoms with Gasteiger partial charge in [0.2, 0.25) is 11.8 Å². The molecule has 1 aliphatic rings. The molecule has 1 saturated heterocycles. The zero-order valence-electron chi connectivity index (χ0n) is 24.0. The van der Waals surface area contributed by atoms with Gasteiger partial charge in [0.15, 0.2) is 0 Å². The van der Waals surface area contributed by atoms with Crippen molar-refractivity contribution in [2.45, 2.75) is 63.5 Å². The smallest absolute Gasteiger partial charge is 0.309 e. The third-order valence-electron chi connectivity index (χ3n) is 7.60. The molecule has 0 unspecified atom stereocenters. The number of nitrogens with zero attached hydrogens (tertiary/aromatic N) is 1. The second-order valence-corrected chi connectivity index (χ2v) is 10.8. The molecule has 2 amide bonds. The van der Waals surface area contributed by atoms with E-state index >= 15 is 0 Å². The highest BCUT2D eigenvalue weighted by Gasteiger charge is 2.35. The summed E-state index contributed by atoms with van der Waals surface area (Å²) in [5.74, 6) is -1.53. The Morgan fingerprint density at radius 1 is 0.976 bits per heavy atom. The van der Waals surface area contributed by atoms with Crippen molar-refractivity contribution in [1.82, 2.24) is 10.2 Å². The minimum atomic E-state index is -0.571. The number of aliphatic hydroxyl groups is 1. The van der Waals surface area contributed by atoms with E-state index in [1.165, 1.54) is 0 Å². The Morgan fingerprint density at radius 2 is 1.63 bits per heavy atom. The maximum atomic E-state index is 13.6. The normalized spacial score (nSPS) is 16.8. The van der Waals surface area contributed by atoms with Crippen LogP contribution in [0, 0.1) is 11.8 Å². The Labute approximate surface area is 244 Å². The Morgan fingerprint density at radius 3 is 2.24 bits per heavy atom. The molecular weight excluding hydrogens is 516 g/mol. The lowest BCUT2D eigenvalue weighted by molar-refractivity contribution is -0.152. The van der Waals surface area contributed by atoms with Gasteiger partial charge in [-0.15, -0.1) is 13.2 Å². The van der Waals surface area contributed by atoms with Gasteiger partial charge in [-0.05, 0) is 56.1 Å². The second-order valence-electron chi connectivity index (χ2n) is 10.8. The largest absolute Gasteiger partial charge is 0.463 e. The first-order chi connectivity index (χ1) is 19.9. The lowest BCUT2D eigenvalue weighted by Gasteiger charge is -2.29. The van der Waals surface area contributed by atoms with Crippen LogP contribution in [0.4, 0.5) is 0 Å². The Kier molecular flexibility index (Phi) is 13.3. The number of carbonyl (C=O) groups is 3. The lowest BCUT2D eigenvalue weighted by atomic mass is 9.95. The minimum Gasteiger partial charge on any atom is -0.463 e. The van der Waals surface area contributed by atoms with E-state index in [1.54, 1.807) is 11.0 Å². The molecule has 220 valence electrons. The third-order valence-corrected chi connectivity index (χ3v) is 7.60. The summed E-state index contributed by atoms with van der Waals surface area (Å²) in [6.07, 6.45) is 7.84. The molecule has 3 rings (SSSR count). The molecule has 1 fully saturated rings. The summed E-state index contributed by atoms with van der Waals surface area (Å²) in [7, 11) is 0. The molecule has 2 N–H and O–H groups in total. The average Bonchev–Trinajstić information content (AvgIpc) is 3.46. The van der Waals surface area contributed by atoms with Crippen LogP contribution in [0.1, 0.15) is 49.7 Å². The molecule has 4 atom stereocenters. The molecule has 7 heteroatoms. The number of hydrogen-bond donors (Lipinski definition) is 2. The molecular formula is C34H44N2O5. The number of benzene rings is 2. The quantitative estimate of drug-likeness (QED) is 0.217. The van der Waals surface area contributed by atoms with Gasteiger partial charge in [0.1, 0.15) is 6.61 Å². The van der Waals surface area contributed by atoms with Crippen LogP contribution in [0.5, 0.6) is 0 Å². The van der Waals surface area contributed by atoms with Crippen molar-refractivity contribution >= 4 is 17.8 Å². The summed E-state index contributed by atoms with van der Waals surface area (Å²) < 4.78 is 5.79. The predicted molar refractivity (Wildman–Crippen MR) is 161 cm³/mol. The molecule has 0 saturated carbocycles. The number of amides is 2. The number of allylic oxidation sites excluding steroid dienone is 2. The number of carbonyl (C=O) groups excluding carboxylic acids is 3. The number of ether oxygens (including phenoxy) is 1. The zero-order valence-corrected chi connectivity index (χ0v) is 24.0. The zero-order chi connectivity index (χ0) is 29.5. The van der Waals surface area contributed by atoms with E-state index in [-0.39, 0.29) is 49.4 Å². The number of rotatable bonds is 17. The van der Waals surface area contributed by atoms with Gasteiger partial charge >= 0.3 is 5.97 Å². The van der Waals surface area contributed by atoms with Crippen molar-refractivity contribution in [2.24, 2.45) is 11.8 Å². The molecule has 0 bridgehead atoms. The summed E-state index contributed by atoms with van der Waals surface area (Å²) >= 11 is 0. The highest BCUT2D eigenvalue weighted by atomic mass is 16.5. The third kappa shape index (κ3) is 10.3. The van der Waals surface area contributed by atoms with Crippen molar-refractivity contribution in [3.8, 4) is 0 Å². The first-order valence-corrected chi connectivity index (χ1v) is 14.6. The fraction of sp³-hybridized carbons (Fsp3) is 0.441. The van der Waals surface area contributed by atoms with E-state index in [2.05, 4.69) is 18.5 Å². The van der Waals surface area contributed by atoms with Crippen LogP contribution in [0.15, 0.2) is 86.0 Å². The van der Waals surface area contributed by atoms with Crippen LogP contribution >= 0.6 is 0 Å². The van der Waals surface area contributed by atoms with Gasteiger partial charge in [0.25, 0.3) is 0 Å². The lowest BCUT2D eigenvalue weighted by Crippen LogP contribution is -2.45.